The summed E-state index contributed by atoms with van der Waals surface area (Å²) in [6, 6.07) is 20.7. The predicted octanol–water partition coefficient (Wildman–Crippen LogP) is 4.80. The van der Waals surface area contributed by atoms with Crippen molar-refractivity contribution in [1.82, 2.24) is 4.31 Å². The Hall–Kier alpha value is -3.58. The lowest BCUT2D eigenvalue weighted by atomic mass is 9.91. The Morgan fingerprint density at radius 3 is 1.97 bits per heavy atom. The van der Waals surface area contributed by atoms with Crippen LogP contribution < -0.4 is 9.47 Å². The van der Waals surface area contributed by atoms with Gasteiger partial charge in [0, 0.05) is 12.3 Å². The normalized spacial score (nSPS) is 18.4. The van der Waals surface area contributed by atoms with Gasteiger partial charge in [0.15, 0.2) is 0 Å². The number of methoxy groups -OCH3 is 2. The van der Waals surface area contributed by atoms with Gasteiger partial charge in [-0.1, -0.05) is 54.1 Å². The molecule has 4 rings (SSSR count). The van der Waals surface area contributed by atoms with Crippen LogP contribution in [-0.2, 0) is 14.8 Å². The number of carbonyl (C=O) groups is 1. The minimum Gasteiger partial charge on any atom is -0.497 e. The van der Waals surface area contributed by atoms with Crippen molar-refractivity contribution in [3.8, 4) is 11.5 Å². The highest BCUT2D eigenvalue weighted by Gasteiger charge is 2.46. The van der Waals surface area contributed by atoms with Crippen molar-refractivity contribution in [2.75, 3.05) is 14.2 Å². The molecule has 176 valence electrons. The topological polar surface area (TPSA) is 72.9 Å². The van der Waals surface area contributed by atoms with Crippen LogP contribution in [0.4, 0.5) is 0 Å². The van der Waals surface area contributed by atoms with Gasteiger partial charge in [0.1, 0.15) is 11.5 Å². The molecule has 0 aliphatic carbocycles. The molecule has 0 bridgehead atoms. The number of carbonyl (C=O) groups excluding carboxylic acids is 1. The van der Waals surface area contributed by atoms with Crippen LogP contribution in [-0.4, -0.2) is 38.9 Å². The van der Waals surface area contributed by atoms with Crippen molar-refractivity contribution >= 4 is 22.0 Å². The number of nitrogens with zero attached hydrogens (tertiary/aromatic N) is 1. The van der Waals surface area contributed by atoms with Crippen LogP contribution in [0.25, 0.3) is 6.08 Å². The molecule has 3 aromatic carbocycles. The standard InChI is InChI=1S/C27H27NO5S/c1-19-4-15-24(16-5-19)34(30,31)28-26(17-8-20-6-11-22(32-2)12-7-20)25(18-27(28)29)21-9-13-23(33-3)14-10-21/h4-17,25-26H,18H2,1-3H3/b17-8+/t25-,26+/m1/s1. The molecular weight excluding hydrogens is 450 g/mol. The van der Waals surface area contributed by atoms with Crippen LogP contribution in [0.5, 0.6) is 11.5 Å². The predicted molar refractivity (Wildman–Crippen MR) is 131 cm³/mol. The lowest BCUT2D eigenvalue weighted by Gasteiger charge is -2.26. The molecule has 1 aliphatic heterocycles. The summed E-state index contributed by atoms with van der Waals surface area (Å²) in [4.78, 5) is 13.2. The number of aryl methyl sites for hydroxylation is 1. The van der Waals surface area contributed by atoms with E-state index in [2.05, 4.69) is 0 Å². The minimum absolute atomic E-state index is 0.0923. The number of hydrogen-bond donors (Lipinski definition) is 0. The van der Waals surface area contributed by atoms with Crippen molar-refractivity contribution in [2.24, 2.45) is 0 Å². The highest BCUT2D eigenvalue weighted by Crippen LogP contribution is 2.39. The van der Waals surface area contributed by atoms with Gasteiger partial charge in [-0.15, -0.1) is 0 Å². The fourth-order valence-electron chi connectivity index (χ4n) is 4.15. The highest BCUT2D eigenvalue weighted by atomic mass is 32.2. The molecule has 0 saturated carbocycles. The van der Waals surface area contributed by atoms with Gasteiger partial charge in [-0.3, -0.25) is 4.79 Å². The van der Waals surface area contributed by atoms with Crippen molar-refractivity contribution in [3.63, 3.8) is 0 Å². The zero-order chi connectivity index (χ0) is 24.3. The Kier molecular flexibility index (Phi) is 6.75. The molecule has 0 N–H and O–H groups in total. The second-order valence-corrected chi connectivity index (χ2v) is 10.0. The van der Waals surface area contributed by atoms with Gasteiger partial charge in [0.05, 0.1) is 25.2 Å². The molecule has 0 spiro atoms. The number of hydrogen-bond acceptors (Lipinski definition) is 5. The molecular formula is C27H27NO5S. The fourth-order valence-corrected chi connectivity index (χ4v) is 5.74. The Morgan fingerprint density at radius 1 is 0.853 bits per heavy atom. The molecule has 1 heterocycles. The first-order valence-electron chi connectivity index (χ1n) is 10.9. The summed E-state index contributed by atoms with van der Waals surface area (Å²) in [7, 11) is -0.848. The number of rotatable bonds is 7. The lowest BCUT2D eigenvalue weighted by Crippen LogP contribution is -2.38. The summed E-state index contributed by atoms with van der Waals surface area (Å²) in [6.45, 7) is 1.89. The van der Waals surface area contributed by atoms with Gasteiger partial charge in [0.25, 0.3) is 10.0 Å². The molecule has 2 atom stereocenters. The van der Waals surface area contributed by atoms with Gasteiger partial charge >= 0.3 is 0 Å². The van der Waals surface area contributed by atoms with Crippen molar-refractivity contribution in [3.05, 3.63) is 95.6 Å². The van der Waals surface area contributed by atoms with Gasteiger partial charge < -0.3 is 9.47 Å². The van der Waals surface area contributed by atoms with E-state index in [0.717, 1.165) is 26.7 Å². The molecule has 0 radical (unpaired) electrons. The average molecular weight is 478 g/mol. The van der Waals surface area contributed by atoms with Gasteiger partial charge in [0.2, 0.25) is 5.91 Å². The Bertz CT molecular complexity index is 1280. The first-order valence-corrected chi connectivity index (χ1v) is 12.4. The SMILES string of the molecule is COc1ccc(/C=C/[C@H]2[C@@H](c3ccc(OC)cc3)CC(=O)N2S(=O)(=O)c2ccc(C)cc2)cc1. The minimum atomic E-state index is -4.03. The van der Waals surface area contributed by atoms with E-state index in [1.165, 1.54) is 0 Å². The zero-order valence-corrected chi connectivity index (χ0v) is 20.2. The van der Waals surface area contributed by atoms with Crippen molar-refractivity contribution in [1.29, 1.82) is 0 Å². The van der Waals surface area contributed by atoms with Gasteiger partial charge in [-0.25, -0.2) is 12.7 Å². The first-order chi connectivity index (χ1) is 16.3. The Morgan fingerprint density at radius 2 is 1.41 bits per heavy atom. The summed E-state index contributed by atoms with van der Waals surface area (Å²) < 4.78 is 38.6. The van der Waals surface area contributed by atoms with Gasteiger partial charge in [-0.2, -0.15) is 0 Å². The van der Waals surface area contributed by atoms with E-state index in [0.29, 0.717) is 5.75 Å². The molecule has 1 fully saturated rings. The third-order valence-corrected chi connectivity index (χ3v) is 7.88. The van der Waals surface area contributed by atoms with Crippen molar-refractivity contribution in [2.45, 2.75) is 30.2 Å². The zero-order valence-electron chi connectivity index (χ0n) is 19.3. The molecule has 0 unspecified atom stereocenters. The lowest BCUT2D eigenvalue weighted by molar-refractivity contribution is -0.124. The average Bonchev–Trinajstić information content (AvgIpc) is 3.20. The van der Waals surface area contributed by atoms with E-state index in [1.807, 2.05) is 61.5 Å². The maximum absolute atomic E-state index is 13.6. The van der Waals surface area contributed by atoms with Crippen LogP contribution in [0.3, 0.4) is 0 Å². The van der Waals surface area contributed by atoms with Gasteiger partial charge in [-0.05, 0) is 54.4 Å². The number of sulfonamides is 1. The monoisotopic (exact) mass is 477 g/mol. The number of amides is 1. The molecule has 7 heteroatoms. The van der Waals surface area contributed by atoms with E-state index in [-0.39, 0.29) is 17.2 Å². The molecule has 1 amide bonds. The highest BCUT2D eigenvalue weighted by molar-refractivity contribution is 7.89. The van der Waals surface area contributed by atoms with E-state index < -0.39 is 22.0 Å². The van der Waals surface area contributed by atoms with Crippen molar-refractivity contribution < 1.29 is 22.7 Å². The summed E-state index contributed by atoms with van der Waals surface area (Å²) >= 11 is 0. The van der Waals surface area contributed by atoms with E-state index >= 15 is 0 Å². The quantitative estimate of drug-likeness (QED) is 0.489. The van der Waals surface area contributed by atoms with E-state index in [1.54, 1.807) is 44.6 Å². The maximum Gasteiger partial charge on any atom is 0.267 e. The summed E-state index contributed by atoms with van der Waals surface area (Å²) in [6.07, 6.45) is 3.74. The number of benzene rings is 3. The van der Waals surface area contributed by atoms with Crippen LogP contribution in [0, 0.1) is 6.92 Å². The smallest absolute Gasteiger partial charge is 0.267 e. The summed E-state index contributed by atoms with van der Waals surface area (Å²) in [5, 5.41) is 0. The van der Waals surface area contributed by atoms with E-state index in [9.17, 15) is 13.2 Å². The van der Waals surface area contributed by atoms with Crippen LogP contribution in [0.2, 0.25) is 0 Å². The summed E-state index contributed by atoms with van der Waals surface area (Å²) in [5.41, 5.74) is 2.69. The fraction of sp³-hybridized carbons (Fsp3) is 0.222. The third-order valence-electron chi connectivity index (χ3n) is 6.05. The Labute approximate surface area is 200 Å². The second kappa shape index (κ2) is 9.73. The summed E-state index contributed by atoms with van der Waals surface area (Å²) in [5.74, 6) is 0.675. The maximum atomic E-state index is 13.6. The first kappa shape index (κ1) is 23.6. The largest absolute Gasteiger partial charge is 0.497 e. The molecule has 1 aliphatic rings. The second-order valence-electron chi connectivity index (χ2n) is 8.21. The third kappa shape index (κ3) is 4.70. The van der Waals surface area contributed by atoms with Crippen LogP contribution in [0.1, 0.15) is 29.0 Å². The molecule has 3 aromatic rings. The van der Waals surface area contributed by atoms with E-state index in [4.69, 9.17) is 9.47 Å². The Balaban J connectivity index is 1.75. The molecule has 0 aromatic heterocycles. The van der Waals surface area contributed by atoms with Crippen LogP contribution in [0.15, 0.2) is 83.8 Å². The van der Waals surface area contributed by atoms with Crippen LogP contribution >= 0.6 is 0 Å². The molecule has 34 heavy (non-hydrogen) atoms. The number of ether oxygens (including phenoxy) is 2. The molecule has 6 nitrogen and oxygen atoms in total. The molecule has 1 saturated heterocycles.